The predicted molar refractivity (Wildman–Crippen MR) is 100 cm³/mol. The van der Waals surface area contributed by atoms with Gasteiger partial charge in [-0.2, -0.15) is 5.10 Å². The topological polar surface area (TPSA) is 120 Å². The second-order valence-electron chi connectivity index (χ2n) is 6.14. The Bertz CT molecular complexity index is 967. The van der Waals surface area contributed by atoms with Crippen molar-refractivity contribution in [3.8, 4) is 17.1 Å². The van der Waals surface area contributed by atoms with Gasteiger partial charge in [0.1, 0.15) is 24.8 Å². The quantitative estimate of drug-likeness (QED) is 0.361. The van der Waals surface area contributed by atoms with Gasteiger partial charge in [0.05, 0.1) is 11.5 Å². The van der Waals surface area contributed by atoms with Crippen LogP contribution in [0.3, 0.4) is 0 Å². The first kappa shape index (κ1) is 19.2. The van der Waals surface area contributed by atoms with E-state index in [4.69, 9.17) is 4.74 Å². The minimum Gasteiger partial charge on any atom is -0.491 e. The van der Waals surface area contributed by atoms with Gasteiger partial charge in [0.2, 0.25) is 0 Å². The molecule has 0 aliphatic rings. The number of ketones is 1. The number of aliphatic hydroxyl groups is 1. The number of nitro benzene ring substituents is 1. The molecule has 1 aromatic heterocycles. The molecule has 0 saturated heterocycles. The average Bonchev–Trinajstić information content (AvgIpc) is 3.15. The van der Waals surface area contributed by atoms with Crippen molar-refractivity contribution in [1.29, 1.82) is 0 Å². The summed E-state index contributed by atoms with van der Waals surface area (Å²) in [4.78, 5) is 25.6. The number of aromatic nitrogens is 3. The van der Waals surface area contributed by atoms with E-state index in [0.29, 0.717) is 22.7 Å². The molecule has 0 radical (unpaired) electrons. The fourth-order valence-corrected chi connectivity index (χ4v) is 2.49. The number of rotatable bonds is 8. The maximum Gasteiger partial charge on any atom is 0.269 e. The minimum atomic E-state index is -0.820. The number of hydrogen-bond donors (Lipinski definition) is 1. The third kappa shape index (κ3) is 4.77. The van der Waals surface area contributed by atoms with Crippen molar-refractivity contribution in [1.82, 2.24) is 14.8 Å². The van der Waals surface area contributed by atoms with E-state index in [1.54, 1.807) is 36.4 Å². The molecule has 3 aromatic rings. The van der Waals surface area contributed by atoms with E-state index in [2.05, 4.69) is 10.1 Å². The summed E-state index contributed by atoms with van der Waals surface area (Å²) >= 11 is 0. The van der Waals surface area contributed by atoms with Crippen LogP contribution in [0.5, 0.6) is 5.75 Å². The van der Waals surface area contributed by atoms with Crippen LogP contribution in [0.2, 0.25) is 0 Å². The predicted octanol–water partition coefficient (Wildman–Crippen LogP) is 2.50. The fraction of sp³-hybridized carbons (Fsp3) is 0.211. The number of hydrogen-bond acceptors (Lipinski definition) is 7. The number of benzene rings is 2. The van der Waals surface area contributed by atoms with Gasteiger partial charge in [0.25, 0.3) is 5.69 Å². The molecule has 9 heteroatoms. The number of aliphatic hydroxyl groups excluding tert-OH is 1. The summed E-state index contributed by atoms with van der Waals surface area (Å²) < 4.78 is 6.99. The van der Waals surface area contributed by atoms with Crippen molar-refractivity contribution in [2.75, 3.05) is 6.61 Å². The van der Waals surface area contributed by atoms with Crippen LogP contribution in [0.25, 0.3) is 11.4 Å². The van der Waals surface area contributed by atoms with Crippen LogP contribution in [-0.4, -0.2) is 43.3 Å². The Balaban J connectivity index is 1.55. The van der Waals surface area contributed by atoms with Crippen LogP contribution in [0.1, 0.15) is 17.3 Å². The maximum atomic E-state index is 11.3. The summed E-state index contributed by atoms with van der Waals surface area (Å²) in [6.45, 7) is 1.71. The number of carbonyl (C=O) groups is 1. The molecule has 0 saturated carbocycles. The SMILES string of the molecule is CC(=O)c1ccc(OC[C@H](O)Cn2cnc(-c3ccc([N+](=O)[O-])cc3)n2)cc1. The largest absolute Gasteiger partial charge is 0.491 e. The zero-order valence-electron chi connectivity index (χ0n) is 15.1. The molecule has 0 unspecified atom stereocenters. The Hall–Kier alpha value is -3.59. The number of Topliss-reactive ketones (excluding diaryl/α,β-unsaturated/α-hetero) is 1. The summed E-state index contributed by atoms with van der Waals surface area (Å²) in [5.41, 5.74) is 1.22. The lowest BCUT2D eigenvalue weighted by molar-refractivity contribution is -0.384. The second kappa shape index (κ2) is 8.40. The van der Waals surface area contributed by atoms with Crippen molar-refractivity contribution in [3.05, 3.63) is 70.5 Å². The number of nitrogens with zero attached hydrogens (tertiary/aromatic N) is 4. The minimum absolute atomic E-state index is 0.00732. The summed E-state index contributed by atoms with van der Waals surface area (Å²) in [6.07, 6.45) is 0.653. The first-order valence-electron chi connectivity index (χ1n) is 8.48. The average molecular weight is 382 g/mol. The highest BCUT2D eigenvalue weighted by molar-refractivity contribution is 5.94. The molecule has 28 heavy (non-hydrogen) atoms. The Morgan fingerprint density at radius 1 is 1.21 bits per heavy atom. The lowest BCUT2D eigenvalue weighted by Crippen LogP contribution is -2.23. The molecule has 144 valence electrons. The highest BCUT2D eigenvalue weighted by Gasteiger charge is 2.11. The smallest absolute Gasteiger partial charge is 0.269 e. The van der Waals surface area contributed by atoms with E-state index < -0.39 is 11.0 Å². The number of carbonyl (C=O) groups excluding carboxylic acids is 1. The normalized spacial score (nSPS) is 11.8. The van der Waals surface area contributed by atoms with Gasteiger partial charge >= 0.3 is 0 Å². The zero-order valence-corrected chi connectivity index (χ0v) is 15.1. The van der Waals surface area contributed by atoms with Gasteiger partial charge in [-0.05, 0) is 43.3 Å². The van der Waals surface area contributed by atoms with Gasteiger partial charge in [0.15, 0.2) is 11.6 Å². The second-order valence-corrected chi connectivity index (χ2v) is 6.14. The highest BCUT2D eigenvalue weighted by atomic mass is 16.6. The highest BCUT2D eigenvalue weighted by Crippen LogP contribution is 2.19. The van der Waals surface area contributed by atoms with E-state index in [0.717, 1.165) is 0 Å². The lowest BCUT2D eigenvalue weighted by atomic mass is 10.1. The van der Waals surface area contributed by atoms with Crippen molar-refractivity contribution < 1.29 is 19.6 Å². The maximum absolute atomic E-state index is 11.3. The van der Waals surface area contributed by atoms with E-state index in [9.17, 15) is 20.0 Å². The van der Waals surface area contributed by atoms with Crippen molar-refractivity contribution in [3.63, 3.8) is 0 Å². The number of non-ortho nitro benzene ring substituents is 1. The first-order valence-corrected chi connectivity index (χ1v) is 8.48. The van der Waals surface area contributed by atoms with Gasteiger partial charge in [-0.1, -0.05) is 0 Å². The molecule has 0 fully saturated rings. The van der Waals surface area contributed by atoms with Crippen LogP contribution in [-0.2, 0) is 6.54 Å². The van der Waals surface area contributed by atoms with Gasteiger partial charge in [-0.15, -0.1) is 0 Å². The first-order chi connectivity index (χ1) is 13.4. The zero-order chi connectivity index (χ0) is 20.1. The van der Waals surface area contributed by atoms with Crippen LogP contribution in [0, 0.1) is 10.1 Å². The van der Waals surface area contributed by atoms with Gasteiger partial charge in [-0.3, -0.25) is 14.9 Å². The van der Waals surface area contributed by atoms with Crippen molar-refractivity contribution in [2.45, 2.75) is 19.6 Å². The van der Waals surface area contributed by atoms with Crippen molar-refractivity contribution in [2.24, 2.45) is 0 Å². The summed E-state index contributed by atoms with van der Waals surface area (Å²) in [6, 6.07) is 12.6. The van der Waals surface area contributed by atoms with E-state index in [-0.39, 0.29) is 24.6 Å². The molecule has 0 bridgehead atoms. The standard InChI is InChI=1S/C19H18N4O5/c1-13(24)14-4-8-18(9-5-14)28-11-17(25)10-22-12-20-19(21-22)15-2-6-16(7-3-15)23(26)27/h2-9,12,17,25H,10-11H2,1H3/t17-/m1/s1. The summed E-state index contributed by atoms with van der Waals surface area (Å²) in [5.74, 6) is 0.929. The Kier molecular flexibility index (Phi) is 5.75. The molecule has 1 atom stereocenters. The molecule has 0 spiro atoms. The Morgan fingerprint density at radius 2 is 1.89 bits per heavy atom. The van der Waals surface area contributed by atoms with Gasteiger partial charge in [0, 0.05) is 23.3 Å². The molecule has 9 nitrogen and oxygen atoms in total. The monoisotopic (exact) mass is 382 g/mol. The molecule has 1 heterocycles. The van der Waals surface area contributed by atoms with Gasteiger partial charge < -0.3 is 9.84 Å². The molecule has 0 amide bonds. The van der Waals surface area contributed by atoms with E-state index in [1.807, 2.05) is 0 Å². The molecule has 1 N–H and O–H groups in total. The van der Waals surface area contributed by atoms with Crippen LogP contribution in [0.15, 0.2) is 54.9 Å². The van der Waals surface area contributed by atoms with Crippen molar-refractivity contribution >= 4 is 11.5 Å². The Morgan fingerprint density at radius 3 is 2.50 bits per heavy atom. The third-order valence-corrected chi connectivity index (χ3v) is 3.97. The van der Waals surface area contributed by atoms with E-state index >= 15 is 0 Å². The Labute approximate surface area is 160 Å². The molecular weight excluding hydrogens is 364 g/mol. The number of ether oxygens (including phenoxy) is 1. The van der Waals surface area contributed by atoms with Gasteiger partial charge in [-0.25, -0.2) is 9.67 Å². The molecule has 3 rings (SSSR count). The molecule has 0 aliphatic carbocycles. The summed E-state index contributed by atoms with van der Waals surface area (Å²) in [7, 11) is 0. The van der Waals surface area contributed by atoms with E-state index in [1.165, 1.54) is 30.1 Å². The lowest BCUT2D eigenvalue weighted by Gasteiger charge is -2.12. The third-order valence-electron chi connectivity index (χ3n) is 3.97. The molecular formula is C19H18N4O5. The fourth-order valence-electron chi connectivity index (χ4n) is 2.49. The molecule has 0 aliphatic heterocycles. The number of nitro groups is 1. The molecule has 2 aromatic carbocycles. The summed E-state index contributed by atoms with van der Waals surface area (Å²) in [5, 5.41) is 25.1. The van der Waals surface area contributed by atoms with Crippen LogP contribution < -0.4 is 4.74 Å². The van der Waals surface area contributed by atoms with Crippen LogP contribution >= 0.6 is 0 Å². The van der Waals surface area contributed by atoms with Crippen LogP contribution in [0.4, 0.5) is 5.69 Å².